The van der Waals surface area contributed by atoms with Gasteiger partial charge < -0.3 is 5.73 Å². The summed E-state index contributed by atoms with van der Waals surface area (Å²) in [5, 5.41) is 0. The maximum Gasteiger partial charge on any atom is 0.109 e. The molecule has 0 saturated heterocycles. The zero-order valence-corrected chi connectivity index (χ0v) is 8.55. The maximum absolute atomic E-state index is 12.1. The van der Waals surface area contributed by atoms with Crippen LogP contribution in [0.25, 0.3) is 0 Å². The van der Waals surface area contributed by atoms with Gasteiger partial charge in [0.2, 0.25) is 0 Å². The second-order valence-electron chi connectivity index (χ2n) is 2.67. The number of nitrogens with two attached hydrogens (primary N) is 1. The van der Waals surface area contributed by atoms with Gasteiger partial charge in [0.05, 0.1) is 6.04 Å². The van der Waals surface area contributed by atoms with E-state index in [0.29, 0.717) is 0 Å². The van der Waals surface area contributed by atoms with Crippen molar-refractivity contribution in [3.8, 4) is 0 Å². The standard InChI is InChI=1S/C9H12FN.C2H6/c1-7-3-2-4-8(5-7)9(11)6-10;1-2/h2-5,9H,6,11H2,1H3;1-2H3. The molecule has 0 heterocycles. The van der Waals surface area contributed by atoms with Gasteiger partial charge in [-0.05, 0) is 12.5 Å². The smallest absolute Gasteiger partial charge is 0.109 e. The summed E-state index contributed by atoms with van der Waals surface area (Å²) in [6, 6.07) is 7.14. The Morgan fingerprint density at radius 3 is 2.46 bits per heavy atom. The van der Waals surface area contributed by atoms with E-state index in [-0.39, 0.29) is 0 Å². The van der Waals surface area contributed by atoms with Gasteiger partial charge in [0.25, 0.3) is 0 Å². The summed E-state index contributed by atoms with van der Waals surface area (Å²) in [7, 11) is 0. The van der Waals surface area contributed by atoms with Gasteiger partial charge in [-0.3, -0.25) is 0 Å². The van der Waals surface area contributed by atoms with Crippen LogP contribution in [0, 0.1) is 6.92 Å². The monoisotopic (exact) mass is 183 g/mol. The number of aryl methyl sites for hydroxylation is 1. The lowest BCUT2D eigenvalue weighted by molar-refractivity contribution is 0.437. The first-order valence-corrected chi connectivity index (χ1v) is 4.62. The minimum atomic E-state index is -0.497. The first kappa shape index (κ1) is 12.1. The van der Waals surface area contributed by atoms with Crippen molar-refractivity contribution in [2.45, 2.75) is 26.8 Å². The van der Waals surface area contributed by atoms with Gasteiger partial charge in [0.1, 0.15) is 6.67 Å². The van der Waals surface area contributed by atoms with Crippen molar-refractivity contribution < 1.29 is 4.39 Å². The molecule has 0 spiro atoms. The molecule has 0 aliphatic heterocycles. The van der Waals surface area contributed by atoms with Crippen LogP contribution in [-0.2, 0) is 0 Å². The van der Waals surface area contributed by atoms with Gasteiger partial charge in [0, 0.05) is 0 Å². The molecule has 1 atom stereocenters. The van der Waals surface area contributed by atoms with E-state index in [9.17, 15) is 4.39 Å². The fourth-order valence-corrected chi connectivity index (χ4v) is 0.990. The number of rotatable bonds is 2. The van der Waals surface area contributed by atoms with Crippen molar-refractivity contribution in [3.63, 3.8) is 0 Å². The fourth-order valence-electron chi connectivity index (χ4n) is 0.990. The lowest BCUT2D eigenvalue weighted by Crippen LogP contribution is -2.11. The van der Waals surface area contributed by atoms with E-state index in [1.54, 1.807) is 0 Å². The Morgan fingerprint density at radius 1 is 1.38 bits per heavy atom. The van der Waals surface area contributed by atoms with E-state index >= 15 is 0 Å². The van der Waals surface area contributed by atoms with Crippen LogP contribution in [0.5, 0.6) is 0 Å². The Balaban J connectivity index is 0.000000671. The predicted octanol–water partition coefficient (Wildman–Crippen LogP) is 2.99. The fraction of sp³-hybridized carbons (Fsp3) is 0.455. The van der Waals surface area contributed by atoms with Gasteiger partial charge in [-0.15, -0.1) is 0 Å². The summed E-state index contributed by atoms with van der Waals surface area (Å²) in [6.45, 7) is 5.47. The molecule has 0 aromatic heterocycles. The topological polar surface area (TPSA) is 26.0 Å². The molecule has 1 rings (SSSR count). The van der Waals surface area contributed by atoms with E-state index in [1.807, 2.05) is 45.0 Å². The highest BCUT2D eigenvalue weighted by Crippen LogP contribution is 2.11. The molecule has 0 fully saturated rings. The Bertz CT molecular complexity index is 235. The largest absolute Gasteiger partial charge is 0.322 e. The third-order valence-electron chi connectivity index (χ3n) is 1.64. The molecular formula is C11H18FN. The average molecular weight is 183 g/mol. The minimum Gasteiger partial charge on any atom is -0.322 e. The Hall–Kier alpha value is -0.890. The van der Waals surface area contributed by atoms with E-state index in [0.717, 1.165) is 11.1 Å². The van der Waals surface area contributed by atoms with Crippen LogP contribution in [0.15, 0.2) is 24.3 Å². The van der Waals surface area contributed by atoms with Crippen molar-refractivity contribution in [1.29, 1.82) is 0 Å². The molecule has 74 valence electrons. The molecule has 2 N–H and O–H groups in total. The number of hydrogen-bond acceptors (Lipinski definition) is 1. The molecule has 0 amide bonds. The van der Waals surface area contributed by atoms with Crippen LogP contribution in [0.3, 0.4) is 0 Å². The van der Waals surface area contributed by atoms with Gasteiger partial charge in [-0.2, -0.15) is 0 Å². The molecule has 1 aromatic rings. The summed E-state index contributed by atoms with van der Waals surface area (Å²) in [6.07, 6.45) is 0. The van der Waals surface area contributed by atoms with Crippen LogP contribution in [0.1, 0.15) is 31.0 Å². The van der Waals surface area contributed by atoms with E-state index < -0.39 is 12.7 Å². The highest BCUT2D eigenvalue weighted by atomic mass is 19.1. The summed E-state index contributed by atoms with van der Waals surface area (Å²) < 4.78 is 12.1. The zero-order chi connectivity index (χ0) is 10.3. The molecule has 0 bridgehead atoms. The average Bonchev–Trinajstić information content (AvgIpc) is 2.20. The molecule has 1 nitrogen and oxygen atoms in total. The molecule has 1 unspecified atom stereocenters. The lowest BCUT2D eigenvalue weighted by atomic mass is 10.1. The quantitative estimate of drug-likeness (QED) is 0.749. The van der Waals surface area contributed by atoms with Crippen LogP contribution in [-0.4, -0.2) is 6.67 Å². The summed E-state index contributed by atoms with van der Waals surface area (Å²) in [5.74, 6) is 0. The maximum atomic E-state index is 12.1. The Labute approximate surface area is 79.8 Å². The molecule has 0 saturated carbocycles. The van der Waals surface area contributed by atoms with Crippen molar-refractivity contribution in [2.24, 2.45) is 5.73 Å². The van der Waals surface area contributed by atoms with Crippen molar-refractivity contribution >= 4 is 0 Å². The molecular weight excluding hydrogens is 165 g/mol. The SMILES string of the molecule is CC.Cc1cccc(C(N)CF)c1. The van der Waals surface area contributed by atoms with E-state index in [2.05, 4.69) is 0 Å². The number of halogens is 1. The normalized spacial score (nSPS) is 11.5. The van der Waals surface area contributed by atoms with Crippen molar-refractivity contribution in [1.82, 2.24) is 0 Å². The Morgan fingerprint density at radius 2 is 2.00 bits per heavy atom. The van der Waals surface area contributed by atoms with Crippen LogP contribution < -0.4 is 5.73 Å². The van der Waals surface area contributed by atoms with Gasteiger partial charge >= 0.3 is 0 Å². The summed E-state index contributed by atoms with van der Waals surface area (Å²) >= 11 is 0. The van der Waals surface area contributed by atoms with Gasteiger partial charge in [0.15, 0.2) is 0 Å². The van der Waals surface area contributed by atoms with Crippen LogP contribution in [0.2, 0.25) is 0 Å². The van der Waals surface area contributed by atoms with Gasteiger partial charge in [-0.25, -0.2) is 4.39 Å². The molecule has 0 aliphatic rings. The molecule has 1 aromatic carbocycles. The highest BCUT2D eigenvalue weighted by molar-refractivity contribution is 5.24. The van der Waals surface area contributed by atoms with Crippen LogP contribution >= 0.6 is 0 Å². The summed E-state index contributed by atoms with van der Waals surface area (Å²) in [5.41, 5.74) is 7.47. The van der Waals surface area contributed by atoms with Crippen molar-refractivity contribution in [3.05, 3.63) is 35.4 Å². The third-order valence-corrected chi connectivity index (χ3v) is 1.64. The zero-order valence-electron chi connectivity index (χ0n) is 8.55. The summed E-state index contributed by atoms with van der Waals surface area (Å²) in [4.78, 5) is 0. The lowest BCUT2D eigenvalue weighted by Gasteiger charge is -2.06. The number of hydrogen-bond donors (Lipinski definition) is 1. The highest BCUT2D eigenvalue weighted by Gasteiger charge is 2.03. The first-order valence-electron chi connectivity index (χ1n) is 4.62. The minimum absolute atomic E-state index is 0.463. The second-order valence-corrected chi connectivity index (χ2v) is 2.67. The van der Waals surface area contributed by atoms with E-state index in [4.69, 9.17) is 5.73 Å². The second kappa shape index (κ2) is 6.61. The predicted molar refractivity (Wildman–Crippen MR) is 55.4 cm³/mol. The van der Waals surface area contributed by atoms with Gasteiger partial charge in [-0.1, -0.05) is 43.7 Å². The molecule has 0 aliphatic carbocycles. The third kappa shape index (κ3) is 4.04. The molecule has 2 heteroatoms. The molecule has 13 heavy (non-hydrogen) atoms. The number of benzene rings is 1. The van der Waals surface area contributed by atoms with E-state index in [1.165, 1.54) is 0 Å². The molecule has 0 radical (unpaired) electrons. The first-order chi connectivity index (χ1) is 6.24. The number of alkyl halides is 1. The van der Waals surface area contributed by atoms with Crippen molar-refractivity contribution in [2.75, 3.05) is 6.67 Å². The van der Waals surface area contributed by atoms with Crippen LogP contribution in [0.4, 0.5) is 4.39 Å². The Kier molecular flexibility index (Phi) is 6.15.